The molecule has 1 aliphatic rings. The number of carbonyl (C=O) groups is 1. The average Bonchev–Trinajstić information content (AvgIpc) is 2.57. The highest BCUT2D eigenvalue weighted by Gasteiger charge is 2.22. The molecule has 1 fully saturated rings. The van der Waals surface area contributed by atoms with E-state index in [2.05, 4.69) is 5.32 Å². The fraction of sp³-hybridized carbons (Fsp3) is 0.278. The van der Waals surface area contributed by atoms with E-state index in [0.717, 1.165) is 11.1 Å². The highest BCUT2D eigenvalue weighted by atomic mass is 35.5. The maximum atomic E-state index is 12.2. The molecule has 0 aromatic heterocycles. The zero-order chi connectivity index (χ0) is 17.9. The highest BCUT2D eigenvalue weighted by Crippen LogP contribution is 2.25. The summed E-state index contributed by atoms with van der Waals surface area (Å²) >= 11 is 6.03. The number of hydrogen-bond donors (Lipinski definition) is 1. The maximum absolute atomic E-state index is 12.2. The fourth-order valence-corrected chi connectivity index (χ4v) is 4.22. The number of nitrogens with one attached hydrogen (secondary N) is 1. The second-order valence-electron chi connectivity index (χ2n) is 6.07. The molecule has 0 unspecified atom stereocenters. The molecule has 0 atom stereocenters. The van der Waals surface area contributed by atoms with E-state index in [1.165, 1.54) is 0 Å². The van der Waals surface area contributed by atoms with E-state index in [-0.39, 0.29) is 24.0 Å². The summed E-state index contributed by atoms with van der Waals surface area (Å²) < 4.78 is 22.9. The summed E-state index contributed by atoms with van der Waals surface area (Å²) in [5, 5.41) is 3.53. The Labute approximate surface area is 152 Å². The molecule has 2 aromatic rings. The van der Waals surface area contributed by atoms with Gasteiger partial charge in [-0.2, -0.15) is 0 Å². The minimum absolute atomic E-state index is 0.116. The summed E-state index contributed by atoms with van der Waals surface area (Å²) in [4.78, 5) is 14.1. The van der Waals surface area contributed by atoms with Crippen molar-refractivity contribution >= 4 is 33.0 Å². The summed E-state index contributed by atoms with van der Waals surface area (Å²) in [6.45, 7) is 0.994. The first kappa shape index (κ1) is 17.9. The molecule has 0 radical (unpaired) electrons. The number of nitrogens with zero attached hydrogens (tertiary/aromatic N) is 1. The Morgan fingerprint density at radius 2 is 1.68 bits per heavy atom. The van der Waals surface area contributed by atoms with Crippen molar-refractivity contribution < 1.29 is 13.2 Å². The van der Waals surface area contributed by atoms with Crippen molar-refractivity contribution in [1.82, 2.24) is 4.90 Å². The predicted molar refractivity (Wildman–Crippen MR) is 101 cm³/mol. The number of sulfone groups is 1. The lowest BCUT2D eigenvalue weighted by Gasteiger charge is -2.25. The van der Waals surface area contributed by atoms with E-state index in [1.54, 1.807) is 0 Å². The van der Waals surface area contributed by atoms with Gasteiger partial charge in [-0.1, -0.05) is 35.9 Å². The smallest absolute Gasteiger partial charge is 0.238 e. The Bertz CT molecular complexity index is 869. The average molecular weight is 379 g/mol. The van der Waals surface area contributed by atoms with E-state index >= 15 is 0 Å². The van der Waals surface area contributed by atoms with Crippen LogP contribution in [0.3, 0.4) is 0 Å². The number of hydrogen-bond acceptors (Lipinski definition) is 4. The van der Waals surface area contributed by atoms with Crippen molar-refractivity contribution in [2.24, 2.45) is 0 Å². The highest BCUT2D eigenvalue weighted by molar-refractivity contribution is 7.91. The van der Waals surface area contributed by atoms with Gasteiger partial charge in [0.2, 0.25) is 5.91 Å². The maximum Gasteiger partial charge on any atom is 0.238 e. The van der Waals surface area contributed by atoms with Gasteiger partial charge in [-0.15, -0.1) is 0 Å². The van der Waals surface area contributed by atoms with Crippen molar-refractivity contribution in [2.45, 2.75) is 0 Å². The summed E-state index contributed by atoms with van der Waals surface area (Å²) in [6, 6.07) is 15.1. The monoisotopic (exact) mass is 378 g/mol. The van der Waals surface area contributed by atoms with Crippen LogP contribution in [0, 0.1) is 0 Å². The van der Waals surface area contributed by atoms with Gasteiger partial charge in [0.15, 0.2) is 9.84 Å². The van der Waals surface area contributed by atoms with Crippen LogP contribution < -0.4 is 5.32 Å². The van der Waals surface area contributed by atoms with Gasteiger partial charge in [-0.3, -0.25) is 9.69 Å². The number of halogens is 1. The fourth-order valence-electron chi connectivity index (χ4n) is 2.76. The lowest BCUT2D eigenvalue weighted by molar-refractivity contribution is -0.117. The second kappa shape index (κ2) is 7.56. The van der Waals surface area contributed by atoms with Crippen LogP contribution in [0.2, 0.25) is 5.02 Å². The topological polar surface area (TPSA) is 66.5 Å². The SMILES string of the molecule is O=C(CN1CCS(=O)(=O)CC1)Nc1cccc(-c2cccc(Cl)c2)c1. The van der Waals surface area contributed by atoms with Crippen LogP contribution in [0.25, 0.3) is 11.1 Å². The molecule has 1 saturated heterocycles. The predicted octanol–water partition coefficient (Wildman–Crippen LogP) is 2.68. The van der Waals surface area contributed by atoms with Crippen molar-refractivity contribution in [3.63, 3.8) is 0 Å². The van der Waals surface area contributed by atoms with Crippen LogP contribution in [0.4, 0.5) is 5.69 Å². The van der Waals surface area contributed by atoms with Gasteiger partial charge in [0.05, 0.1) is 18.1 Å². The normalized spacial score (nSPS) is 17.2. The summed E-state index contributed by atoms with van der Waals surface area (Å²) in [7, 11) is -2.93. The quantitative estimate of drug-likeness (QED) is 0.888. The van der Waals surface area contributed by atoms with Crippen LogP contribution in [0.15, 0.2) is 48.5 Å². The first-order chi connectivity index (χ1) is 11.9. The van der Waals surface area contributed by atoms with E-state index in [9.17, 15) is 13.2 Å². The molecule has 7 heteroatoms. The standard InChI is InChI=1S/C18H19ClN2O3S/c19-16-5-1-3-14(11-16)15-4-2-6-17(12-15)20-18(22)13-21-7-9-25(23,24)10-8-21/h1-6,11-12H,7-10,13H2,(H,20,22). The lowest BCUT2D eigenvalue weighted by atomic mass is 10.1. The zero-order valence-electron chi connectivity index (χ0n) is 13.6. The third-order valence-corrected chi connectivity index (χ3v) is 5.95. The molecule has 1 heterocycles. The van der Waals surface area contributed by atoms with Crippen molar-refractivity contribution in [3.8, 4) is 11.1 Å². The second-order valence-corrected chi connectivity index (χ2v) is 8.81. The third-order valence-electron chi connectivity index (χ3n) is 4.11. The summed E-state index contributed by atoms with van der Waals surface area (Å²) in [6.07, 6.45) is 0. The first-order valence-corrected chi connectivity index (χ1v) is 10.2. The molecule has 0 bridgehead atoms. The molecule has 2 aromatic carbocycles. The van der Waals surface area contributed by atoms with Crippen LogP contribution in [-0.4, -0.2) is 50.4 Å². The van der Waals surface area contributed by atoms with Crippen LogP contribution >= 0.6 is 11.6 Å². The Kier molecular flexibility index (Phi) is 5.42. The molecule has 0 saturated carbocycles. The molecule has 3 rings (SSSR count). The molecular formula is C18H19ClN2O3S. The van der Waals surface area contributed by atoms with Gasteiger partial charge < -0.3 is 5.32 Å². The van der Waals surface area contributed by atoms with Gasteiger partial charge in [-0.05, 0) is 35.4 Å². The van der Waals surface area contributed by atoms with Gasteiger partial charge >= 0.3 is 0 Å². The van der Waals surface area contributed by atoms with E-state index in [4.69, 9.17) is 11.6 Å². The van der Waals surface area contributed by atoms with Crippen molar-refractivity contribution in [2.75, 3.05) is 36.5 Å². The van der Waals surface area contributed by atoms with Gasteiger partial charge in [0.1, 0.15) is 0 Å². The first-order valence-electron chi connectivity index (χ1n) is 8.00. The zero-order valence-corrected chi connectivity index (χ0v) is 15.2. The third kappa shape index (κ3) is 5.04. The van der Waals surface area contributed by atoms with E-state index in [0.29, 0.717) is 23.8 Å². The molecule has 25 heavy (non-hydrogen) atoms. The van der Waals surface area contributed by atoms with Gasteiger partial charge in [0, 0.05) is 23.8 Å². The summed E-state index contributed by atoms with van der Waals surface area (Å²) in [5.74, 6) is 0.0808. The minimum Gasteiger partial charge on any atom is -0.325 e. The molecule has 0 spiro atoms. The lowest BCUT2D eigenvalue weighted by Crippen LogP contribution is -2.43. The number of anilines is 1. The van der Waals surface area contributed by atoms with Crippen LogP contribution in [0.1, 0.15) is 0 Å². The summed E-state index contributed by atoms with van der Waals surface area (Å²) in [5.41, 5.74) is 2.64. The molecule has 132 valence electrons. The number of amides is 1. The Morgan fingerprint density at radius 3 is 2.36 bits per heavy atom. The largest absolute Gasteiger partial charge is 0.325 e. The van der Waals surface area contributed by atoms with Crippen molar-refractivity contribution in [1.29, 1.82) is 0 Å². The van der Waals surface area contributed by atoms with Gasteiger partial charge in [-0.25, -0.2) is 8.42 Å². The van der Waals surface area contributed by atoms with Crippen LogP contribution in [0.5, 0.6) is 0 Å². The molecule has 1 amide bonds. The minimum atomic E-state index is -2.93. The molecule has 5 nitrogen and oxygen atoms in total. The van der Waals surface area contributed by atoms with Crippen LogP contribution in [-0.2, 0) is 14.6 Å². The number of rotatable bonds is 4. The Balaban J connectivity index is 1.63. The Hall–Kier alpha value is -1.89. The van der Waals surface area contributed by atoms with E-state index in [1.807, 2.05) is 53.4 Å². The molecule has 1 N–H and O–H groups in total. The number of benzene rings is 2. The van der Waals surface area contributed by atoms with Crippen molar-refractivity contribution in [3.05, 3.63) is 53.6 Å². The van der Waals surface area contributed by atoms with E-state index < -0.39 is 9.84 Å². The Morgan fingerprint density at radius 1 is 1.04 bits per heavy atom. The molecule has 1 aliphatic heterocycles. The molecule has 0 aliphatic carbocycles. The van der Waals surface area contributed by atoms with Gasteiger partial charge in [0.25, 0.3) is 0 Å². The number of carbonyl (C=O) groups excluding carboxylic acids is 1. The molecular weight excluding hydrogens is 360 g/mol.